The normalized spacial score (nSPS) is 39.0. The molecule has 2 nitrogen and oxygen atoms in total. The van der Waals surface area contributed by atoms with E-state index in [0.717, 1.165) is 32.1 Å². The van der Waals surface area contributed by atoms with Gasteiger partial charge in [0.1, 0.15) is 6.10 Å². The van der Waals surface area contributed by atoms with Crippen LogP contribution in [0.1, 0.15) is 66.7 Å². The van der Waals surface area contributed by atoms with Crippen LogP contribution >= 0.6 is 0 Å². The highest BCUT2D eigenvalue weighted by molar-refractivity contribution is 5.22. The predicted octanol–water partition coefficient (Wildman–Crippen LogP) is 4.94. The SMILES string of the molecule is C/C1=C/CC[C@@](C)(O)[C@H]2C=C(C(C)C)C[C@@H](O2)/C(C)=C\CC1. The lowest BCUT2D eigenvalue weighted by Gasteiger charge is -2.39. The minimum atomic E-state index is -0.810. The van der Waals surface area contributed by atoms with Crippen LogP contribution in [0.4, 0.5) is 0 Å². The van der Waals surface area contributed by atoms with E-state index in [4.69, 9.17) is 4.74 Å². The molecule has 0 fully saturated rings. The molecule has 2 aliphatic rings. The number of fused-ring (bicyclic) bond motifs is 2. The van der Waals surface area contributed by atoms with Gasteiger partial charge in [0.05, 0.1) is 11.7 Å². The highest BCUT2D eigenvalue weighted by atomic mass is 16.5. The van der Waals surface area contributed by atoms with Crippen LogP contribution in [-0.4, -0.2) is 22.9 Å². The van der Waals surface area contributed by atoms with Crippen LogP contribution in [0.3, 0.4) is 0 Å². The van der Waals surface area contributed by atoms with Gasteiger partial charge in [-0.05, 0) is 64.4 Å². The largest absolute Gasteiger partial charge is 0.387 e. The van der Waals surface area contributed by atoms with E-state index in [-0.39, 0.29) is 12.2 Å². The van der Waals surface area contributed by atoms with Gasteiger partial charge in [-0.15, -0.1) is 0 Å². The van der Waals surface area contributed by atoms with Crippen molar-refractivity contribution in [3.05, 3.63) is 34.9 Å². The van der Waals surface area contributed by atoms with Gasteiger partial charge in [0.25, 0.3) is 0 Å². The van der Waals surface area contributed by atoms with Gasteiger partial charge in [-0.2, -0.15) is 0 Å². The first-order valence-electron chi connectivity index (χ1n) is 8.70. The lowest BCUT2D eigenvalue weighted by Crippen LogP contribution is -2.44. The van der Waals surface area contributed by atoms with Crippen molar-refractivity contribution in [1.29, 1.82) is 0 Å². The van der Waals surface area contributed by atoms with Gasteiger partial charge in [-0.3, -0.25) is 0 Å². The summed E-state index contributed by atoms with van der Waals surface area (Å²) in [7, 11) is 0. The smallest absolute Gasteiger partial charge is 0.105 e. The van der Waals surface area contributed by atoms with Gasteiger partial charge < -0.3 is 9.84 Å². The number of allylic oxidation sites excluding steroid dienone is 3. The van der Waals surface area contributed by atoms with Crippen LogP contribution in [0.25, 0.3) is 0 Å². The van der Waals surface area contributed by atoms with E-state index in [1.165, 1.54) is 16.7 Å². The molecule has 0 spiro atoms. The molecule has 0 saturated carbocycles. The summed E-state index contributed by atoms with van der Waals surface area (Å²) in [6, 6.07) is 0. The Kier molecular flexibility index (Phi) is 5.68. The highest BCUT2D eigenvalue weighted by Crippen LogP contribution is 2.34. The van der Waals surface area contributed by atoms with Gasteiger partial charge in [0, 0.05) is 0 Å². The Morgan fingerprint density at radius 1 is 1.23 bits per heavy atom. The summed E-state index contributed by atoms with van der Waals surface area (Å²) >= 11 is 0. The maximum Gasteiger partial charge on any atom is 0.105 e. The summed E-state index contributed by atoms with van der Waals surface area (Å²) in [6.07, 6.45) is 11.5. The average Bonchev–Trinajstić information content (AvgIpc) is 2.45. The summed E-state index contributed by atoms with van der Waals surface area (Å²) < 4.78 is 6.28. The Labute approximate surface area is 136 Å². The first kappa shape index (κ1) is 17.5. The molecule has 0 unspecified atom stereocenters. The fraction of sp³-hybridized carbons (Fsp3) is 0.700. The summed E-state index contributed by atoms with van der Waals surface area (Å²) in [5.74, 6) is 0.507. The summed E-state index contributed by atoms with van der Waals surface area (Å²) in [5, 5.41) is 10.9. The van der Waals surface area contributed by atoms with E-state index in [1.54, 1.807) is 0 Å². The lowest BCUT2D eigenvalue weighted by molar-refractivity contribution is -0.104. The van der Waals surface area contributed by atoms with Crippen LogP contribution in [-0.2, 0) is 4.74 Å². The minimum Gasteiger partial charge on any atom is -0.387 e. The van der Waals surface area contributed by atoms with Gasteiger partial charge in [-0.25, -0.2) is 0 Å². The van der Waals surface area contributed by atoms with Crippen LogP contribution in [0, 0.1) is 5.92 Å². The van der Waals surface area contributed by atoms with Crippen LogP contribution in [0.2, 0.25) is 0 Å². The Balaban J connectivity index is 2.34. The number of aliphatic hydroxyl groups is 1. The molecule has 2 bridgehead atoms. The van der Waals surface area contributed by atoms with Crippen molar-refractivity contribution in [2.75, 3.05) is 0 Å². The number of ether oxygens (including phenoxy) is 1. The molecule has 3 atom stereocenters. The van der Waals surface area contributed by atoms with Gasteiger partial charge in [0.2, 0.25) is 0 Å². The molecule has 0 radical (unpaired) electrons. The zero-order chi connectivity index (χ0) is 16.3. The summed E-state index contributed by atoms with van der Waals surface area (Å²) in [4.78, 5) is 0. The van der Waals surface area contributed by atoms with E-state index in [1.807, 2.05) is 6.92 Å². The van der Waals surface area contributed by atoms with Crippen LogP contribution in [0.15, 0.2) is 34.9 Å². The van der Waals surface area contributed by atoms with E-state index in [0.29, 0.717) is 5.92 Å². The Morgan fingerprint density at radius 3 is 2.64 bits per heavy atom. The molecule has 124 valence electrons. The Morgan fingerprint density at radius 2 is 1.95 bits per heavy atom. The Bertz CT molecular complexity index is 480. The fourth-order valence-corrected chi connectivity index (χ4v) is 3.28. The topological polar surface area (TPSA) is 29.5 Å². The monoisotopic (exact) mass is 304 g/mol. The quantitative estimate of drug-likeness (QED) is 0.695. The van der Waals surface area contributed by atoms with Crippen molar-refractivity contribution in [1.82, 2.24) is 0 Å². The summed E-state index contributed by atoms with van der Waals surface area (Å²) in [6.45, 7) is 10.7. The third-order valence-electron chi connectivity index (χ3n) is 5.11. The third-order valence-corrected chi connectivity index (χ3v) is 5.11. The zero-order valence-electron chi connectivity index (χ0n) is 14.9. The maximum atomic E-state index is 10.9. The van der Waals surface area contributed by atoms with Gasteiger partial charge in [0.15, 0.2) is 0 Å². The molecule has 2 heterocycles. The number of hydrogen-bond donors (Lipinski definition) is 1. The van der Waals surface area contributed by atoms with E-state index in [9.17, 15) is 5.11 Å². The van der Waals surface area contributed by atoms with E-state index < -0.39 is 5.60 Å². The predicted molar refractivity (Wildman–Crippen MR) is 92.8 cm³/mol. The van der Waals surface area contributed by atoms with Gasteiger partial charge >= 0.3 is 0 Å². The summed E-state index contributed by atoms with van der Waals surface area (Å²) in [5.41, 5.74) is 3.33. The number of rotatable bonds is 1. The van der Waals surface area contributed by atoms with Crippen molar-refractivity contribution in [3.63, 3.8) is 0 Å². The first-order chi connectivity index (χ1) is 10.3. The molecule has 22 heavy (non-hydrogen) atoms. The average molecular weight is 304 g/mol. The molecule has 0 aromatic carbocycles. The minimum absolute atomic E-state index is 0.114. The highest BCUT2D eigenvalue weighted by Gasteiger charge is 2.36. The third kappa shape index (κ3) is 4.33. The standard InChI is InChI=1S/C20H32O2/c1-14(2)17-12-18-16(4)10-6-8-15(3)9-7-11-20(5,21)19(13-17)22-18/h9-10,13-14,18-19,21H,6-8,11-12H2,1-5H3/b15-9-,16-10-/t18-,19-,20-/m1/s1. The van der Waals surface area contributed by atoms with Crippen LogP contribution in [0.5, 0.6) is 0 Å². The molecule has 0 aromatic rings. The van der Waals surface area contributed by atoms with E-state index >= 15 is 0 Å². The zero-order valence-corrected chi connectivity index (χ0v) is 14.9. The van der Waals surface area contributed by atoms with Crippen molar-refractivity contribution in [2.24, 2.45) is 5.92 Å². The molecular formula is C20H32O2. The number of hydrogen-bond acceptors (Lipinski definition) is 2. The molecule has 2 aliphatic heterocycles. The van der Waals surface area contributed by atoms with Crippen molar-refractivity contribution in [3.8, 4) is 0 Å². The Hall–Kier alpha value is -0.860. The second kappa shape index (κ2) is 7.14. The molecule has 2 rings (SSSR count). The van der Waals surface area contributed by atoms with E-state index in [2.05, 4.69) is 45.9 Å². The first-order valence-corrected chi connectivity index (χ1v) is 8.70. The molecule has 1 N–H and O–H groups in total. The fourth-order valence-electron chi connectivity index (χ4n) is 3.28. The maximum absolute atomic E-state index is 10.9. The lowest BCUT2D eigenvalue weighted by atomic mass is 9.84. The van der Waals surface area contributed by atoms with Crippen molar-refractivity contribution in [2.45, 2.75) is 84.5 Å². The molecule has 0 aromatic heterocycles. The second-order valence-corrected chi connectivity index (χ2v) is 7.58. The molecule has 0 amide bonds. The van der Waals surface area contributed by atoms with Crippen molar-refractivity contribution < 1.29 is 9.84 Å². The van der Waals surface area contributed by atoms with Crippen LogP contribution < -0.4 is 0 Å². The molecule has 0 saturated heterocycles. The molecular weight excluding hydrogens is 272 g/mol. The molecule has 0 aliphatic carbocycles. The second-order valence-electron chi connectivity index (χ2n) is 7.58. The van der Waals surface area contributed by atoms with Gasteiger partial charge in [-0.1, -0.05) is 43.2 Å². The van der Waals surface area contributed by atoms with Crippen molar-refractivity contribution >= 4 is 0 Å². The molecule has 2 heteroatoms.